The summed E-state index contributed by atoms with van der Waals surface area (Å²) < 4.78 is 53.5. The van der Waals surface area contributed by atoms with E-state index < -0.39 is 29.5 Å². The van der Waals surface area contributed by atoms with Gasteiger partial charge in [-0.25, -0.2) is 9.37 Å². The van der Waals surface area contributed by atoms with Crippen LogP contribution < -0.4 is 5.32 Å². The Labute approximate surface area is 164 Å². The van der Waals surface area contributed by atoms with Crippen LogP contribution in [0.1, 0.15) is 22.7 Å². The van der Waals surface area contributed by atoms with E-state index in [1.54, 1.807) is 17.0 Å². The molecule has 0 aliphatic heterocycles. The molecule has 2 aromatic carbocycles. The van der Waals surface area contributed by atoms with Crippen LogP contribution in [0.25, 0.3) is 0 Å². The average molecular weight is 403 g/mol. The van der Waals surface area contributed by atoms with E-state index in [-0.39, 0.29) is 12.1 Å². The lowest BCUT2D eigenvalue weighted by molar-refractivity contribution is -0.137. The van der Waals surface area contributed by atoms with Crippen LogP contribution in [0.5, 0.6) is 0 Å². The quantitative estimate of drug-likeness (QED) is 0.487. The Morgan fingerprint density at radius 2 is 1.66 bits per heavy atom. The number of aromatic nitrogens is 2. The minimum Gasteiger partial charge on any atom is -0.341 e. The fraction of sp³-hybridized carbons (Fsp3) is 0.143. The number of imidazole rings is 1. The predicted molar refractivity (Wildman–Crippen MR) is 99.2 cm³/mol. The van der Waals surface area contributed by atoms with Gasteiger partial charge in [-0.15, -0.1) is 0 Å². The Morgan fingerprint density at radius 3 is 2.17 bits per heavy atom. The number of carbonyl (C=O) groups is 1. The molecule has 0 saturated carbocycles. The van der Waals surface area contributed by atoms with E-state index in [9.17, 15) is 22.4 Å². The molecule has 0 fully saturated rings. The summed E-state index contributed by atoms with van der Waals surface area (Å²) >= 11 is 0. The second-order valence-corrected chi connectivity index (χ2v) is 6.42. The van der Waals surface area contributed by atoms with Gasteiger partial charge in [0.1, 0.15) is 5.82 Å². The first kappa shape index (κ1) is 20.3. The van der Waals surface area contributed by atoms with Gasteiger partial charge in [-0.2, -0.15) is 13.2 Å². The van der Waals surface area contributed by atoms with Gasteiger partial charge in [0.2, 0.25) is 5.91 Å². The Balaban J connectivity index is 1.86. The van der Waals surface area contributed by atoms with Crippen molar-refractivity contribution in [1.29, 1.82) is 0 Å². The molecule has 0 saturated heterocycles. The van der Waals surface area contributed by atoms with E-state index in [4.69, 9.17) is 0 Å². The summed E-state index contributed by atoms with van der Waals surface area (Å²) in [5.74, 6) is -0.941. The molecule has 4 nitrogen and oxygen atoms in total. The van der Waals surface area contributed by atoms with Crippen molar-refractivity contribution in [2.45, 2.75) is 18.8 Å². The predicted octanol–water partition coefficient (Wildman–Crippen LogP) is 4.50. The van der Waals surface area contributed by atoms with Gasteiger partial charge in [0.05, 0.1) is 24.5 Å². The van der Waals surface area contributed by atoms with Crippen LogP contribution in [0, 0.1) is 5.82 Å². The van der Waals surface area contributed by atoms with Gasteiger partial charge in [0.15, 0.2) is 0 Å². The number of nitrogens with one attached hydrogen (secondary N) is 1. The van der Waals surface area contributed by atoms with Crippen LogP contribution in [-0.4, -0.2) is 15.5 Å². The van der Waals surface area contributed by atoms with E-state index in [1.807, 2.05) is 0 Å². The Bertz CT molecular complexity index is 978. The van der Waals surface area contributed by atoms with Crippen LogP contribution in [0.15, 0.2) is 79.4 Å². The second-order valence-electron chi connectivity index (χ2n) is 6.42. The molecular formula is C21H17F4N3O. The SMILES string of the molecule is C=C(Cn1ccnc1)C(=O)NC(c1ccc(F)cc1)c1ccc(C(F)(F)F)cc1. The molecule has 1 unspecified atom stereocenters. The molecule has 1 aromatic heterocycles. The first-order chi connectivity index (χ1) is 13.7. The number of alkyl halides is 3. The molecule has 29 heavy (non-hydrogen) atoms. The van der Waals surface area contributed by atoms with Gasteiger partial charge in [-0.1, -0.05) is 30.8 Å². The first-order valence-electron chi connectivity index (χ1n) is 8.61. The number of hydrogen-bond donors (Lipinski definition) is 1. The van der Waals surface area contributed by atoms with E-state index in [1.165, 1.54) is 42.7 Å². The second kappa shape index (κ2) is 8.30. The highest BCUT2D eigenvalue weighted by atomic mass is 19.4. The monoisotopic (exact) mass is 403 g/mol. The van der Waals surface area contributed by atoms with Crippen molar-refractivity contribution >= 4 is 5.91 Å². The third kappa shape index (κ3) is 5.10. The van der Waals surface area contributed by atoms with Crippen LogP contribution in [0.4, 0.5) is 17.6 Å². The van der Waals surface area contributed by atoms with Crippen molar-refractivity contribution in [2.75, 3.05) is 0 Å². The zero-order chi connectivity index (χ0) is 21.0. The molecular weight excluding hydrogens is 386 g/mol. The lowest BCUT2D eigenvalue weighted by Gasteiger charge is -2.21. The average Bonchev–Trinajstić information content (AvgIpc) is 3.19. The maximum Gasteiger partial charge on any atom is 0.416 e. The zero-order valence-electron chi connectivity index (χ0n) is 15.2. The number of nitrogens with zero attached hydrogens (tertiary/aromatic N) is 2. The van der Waals surface area contributed by atoms with Crippen molar-refractivity contribution in [3.63, 3.8) is 0 Å². The van der Waals surface area contributed by atoms with Gasteiger partial charge in [0.25, 0.3) is 0 Å². The standard InChI is InChI=1S/C21H17F4N3O/c1-14(12-28-11-10-26-13-28)20(29)27-19(16-4-8-18(22)9-5-16)15-2-6-17(7-3-15)21(23,24)25/h2-11,13,19H,1,12H2,(H,27,29). The van der Waals surface area contributed by atoms with Crippen LogP contribution in [0.3, 0.4) is 0 Å². The molecule has 1 amide bonds. The molecule has 3 aromatic rings. The molecule has 0 radical (unpaired) electrons. The van der Waals surface area contributed by atoms with E-state index in [0.29, 0.717) is 11.1 Å². The molecule has 1 N–H and O–H groups in total. The fourth-order valence-corrected chi connectivity index (χ4v) is 2.78. The van der Waals surface area contributed by atoms with Gasteiger partial charge in [-0.3, -0.25) is 4.79 Å². The lowest BCUT2D eigenvalue weighted by Crippen LogP contribution is -2.31. The Morgan fingerprint density at radius 1 is 1.07 bits per heavy atom. The van der Waals surface area contributed by atoms with Crippen molar-refractivity contribution < 1.29 is 22.4 Å². The van der Waals surface area contributed by atoms with Gasteiger partial charge in [-0.05, 0) is 35.4 Å². The topological polar surface area (TPSA) is 46.9 Å². The third-order valence-electron chi connectivity index (χ3n) is 4.30. The summed E-state index contributed by atoms with van der Waals surface area (Å²) in [5.41, 5.74) is 0.389. The number of carbonyl (C=O) groups excluding carboxylic acids is 1. The van der Waals surface area contributed by atoms with Crippen molar-refractivity contribution in [2.24, 2.45) is 0 Å². The molecule has 3 rings (SSSR count). The maximum atomic E-state index is 13.3. The normalized spacial score (nSPS) is 12.4. The Hall–Kier alpha value is -3.42. The molecule has 0 aliphatic carbocycles. The summed E-state index contributed by atoms with van der Waals surface area (Å²) in [6.07, 6.45) is 0.304. The molecule has 8 heteroatoms. The molecule has 150 valence electrons. The van der Waals surface area contributed by atoms with Crippen LogP contribution in [0.2, 0.25) is 0 Å². The minimum absolute atomic E-state index is 0.203. The fourth-order valence-electron chi connectivity index (χ4n) is 2.78. The number of hydrogen-bond acceptors (Lipinski definition) is 2. The minimum atomic E-state index is -4.47. The highest BCUT2D eigenvalue weighted by Gasteiger charge is 2.30. The molecule has 1 atom stereocenters. The van der Waals surface area contributed by atoms with E-state index in [2.05, 4.69) is 16.9 Å². The summed E-state index contributed by atoms with van der Waals surface area (Å²) in [6, 6.07) is 9.07. The molecule has 0 spiro atoms. The van der Waals surface area contributed by atoms with E-state index >= 15 is 0 Å². The van der Waals surface area contributed by atoms with E-state index in [0.717, 1.165) is 12.1 Å². The molecule has 0 bridgehead atoms. The summed E-state index contributed by atoms with van der Waals surface area (Å²) in [6.45, 7) is 3.96. The first-order valence-corrected chi connectivity index (χ1v) is 8.61. The van der Waals surface area contributed by atoms with Crippen molar-refractivity contribution in [3.8, 4) is 0 Å². The van der Waals surface area contributed by atoms with Crippen LogP contribution in [-0.2, 0) is 17.5 Å². The van der Waals surface area contributed by atoms with Gasteiger partial charge < -0.3 is 9.88 Å². The smallest absolute Gasteiger partial charge is 0.341 e. The maximum absolute atomic E-state index is 13.3. The van der Waals surface area contributed by atoms with Crippen LogP contribution >= 0.6 is 0 Å². The highest BCUT2D eigenvalue weighted by molar-refractivity contribution is 5.93. The highest BCUT2D eigenvalue weighted by Crippen LogP contribution is 2.31. The third-order valence-corrected chi connectivity index (χ3v) is 4.30. The molecule has 0 aliphatic rings. The largest absolute Gasteiger partial charge is 0.416 e. The molecule has 1 heterocycles. The zero-order valence-corrected chi connectivity index (χ0v) is 15.2. The summed E-state index contributed by atoms with van der Waals surface area (Å²) in [4.78, 5) is 16.5. The summed E-state index contributed by atoms with van der Waals surface area (Å²) in [5, 5.41) is 2.76. The van der Waals surface area contributed by atoms with Gasteiger partial charge >= 0.3 is 6.18 Å². The summed E-state index contributed by atoms with van der Waals surface area (Å²) in [7, 11) is 0. The number of halogens is 4. The number of benzene rings is 2. The lowest BCUT2D eigenvalue weighted by atomic mass is 9.97. The van der Waals surface area contributed by atoms with Gasteiger partial charge in [0, 0.05) is 18.0 Å². The number of amides is 1. The Kier molecular flexibility index (Phi) is 5.81. The van der Waals surface area contributed by atoms with Crippen molar-refractivity contribution in [3.05, 3.63) is 102 Å². The number of rotatable bonds is 6. The van der Waals surface area contributed by atoms with Crippen molar-refractivity contribution in [1.82, 2.24) is 14.9 Å².